The fourth-order valence-electron chi connectivity index (χ4n) is 1.79. The van der Waals surface area contributed by atoms with Gasteiger partial charge < -0.3 is 11.1 Å². The molecule has 0 aliphatic heterocycles. The number of hydrogen-bond donors (Lipinski definition) is 2. The zero-order chi connectivity index (χ0) is 13.7. The van der Waals surface area contributed by atoms with Crippen molar-refractivity contribution in [3.63, 3.8) is 0 Å². The number of aromatic nitrogens is 2. The molecule has 0 aliphatic carbocycles. The molecule has 2 rings (SSSR count). The fourth-order valence-corrected chi connectivity index (χ4v) is 1.94. The summed E-state index contributed by atoms with van der Waals surface area (Å²) in [4.78, 5) is 8.58. The number of anilines is 2. The highest BCUT2D eigenvalue weighted by atomic mass is 32.1. The van der Waals surface area contributed by atoms with Gasteiger partial charge in [-0.15, -0.1) is 0 Å². The Hall–Kier alpha value is -2.01. The normalized spacial score (nSPS) is 10.2. The van der Waals surface area contributed by atoms with Crippen molar-refractivity contribution >= 4 is 28.7 Å². The van der Waals surface area contributed by atoms with Crippen molar-refractivity contribution in [2.24, 2.45) is 5.73 Å². The van der Waals surface area contributed by atoms with Crippen LogP contribution in [0.4, 0.5) is 11.5 Å². The summed E-state index contributed by atoms with van der Waals surface area (Å²) in [7, 11) is 0. The van der Waals surface area contributed by atoms with Gasteiger partial charge in [0.15, 0.2) is 5.82 Å². The standard InChI is InChI=1S/C14H16N4S/c1-2-3-10-4-6-11(7-5-10)18-14-12(13(15)19)16-8-9-17-14/h4-9H,2-3H2,1H3,(H2,15,19)(H,17,18). The van der Waals surface area contributed by atoms with Crippen LogP contribution in [-0.2, 0) is 6.42 Å². The molecule has 0 unspecified atom stereocenters. The minimum absolute atomic E-state index is 0.234. The first-order chi connectivity index (χ1) is 9.20. The first kappa shape index (κ1) is 13.4. The van der Waals surface area contributed by atoms with E-state index in [1.54, 1.807) is 12.4 Å². The van der Waals surface area contributed by atoms with E-state index in [0.717, 1.165) is 18.5 Å². The summed E-state index contributed by atoms with van der Waals surface area (Å²) in [6.45, 7) is 2.17. The van der Waals surface area contributed by atoms with E-state index in [4.69, 9.17) is 18.0 Å². The lowest BCUT2D eigenvalue weighted by atomic mass is 10.1. The minimum atomic E-state index is 0.234. The van der Waals surface area contributed by atoms with Crippen molar-refractivity contribution in [2.45, 2.75) is 19.8 Å². The number of hydrogen-bond acceptors (Lipinski definition) is 4. The molecule has 98 valence electrons. The lowest BCUT2D eigenvalue weighted by Crippen LogP contribution is -2.14. The third-order valence-electron chi connectivity index (χ3n) is 2.69. The Bertz CT molecular complexity index is 566. The van der Waals surface area contributed by atoms with Crippen molar-refractivity contribution < 1.29 is 0 Å². The molecule has 0 fully saturated rings. The predicted octanol–water partition coefficient (Wildman–Crippen LogP) is 2.81. The van der Waals surface area contributed by atoms with E-state index < -0.39 is 0 Å². The van der Waals surface area contributed by atoms with Crippen molar-refractivity contribution in [1.82, 2.24) is 9.97 Å². The van der Waals surface area contributed by atoms with Gasteiger partial charge in [-0.2, -0.15) is 0 Å². The molecule has 0 atom stereocenters. The molecule has 0 radical (unpaired) electrons. The highest BCUT2D eigenvalue weighted by molar-refractivity contribution is 7.80. The lowest BCUT2D eigenvalue weighted by Gasteiger charge is -2.09. The molecule has 0 spiro atoms. The Morgan fingerprint density at radius 2 is 1.89 bits per heavy atom. The number of thiocarbonyl (C=S) groups is 1. The molecule has 2 aromatic rings. The Balaban J connectivity index is 2.19. The largest absolute Gasteiger partial charge is 0.388 e. The highest BCUT2D eigenvalue weighted by Crippen LogP contribution is 2.18. The maximum Gasteiger partial charge on any atom is 0.159 e. The van der Waals surface area contributed by atoms with Gasteiger partial charge in [0.25, 0.3) is 0 Å². The molecule has 0 saturated heterocycles. The van der Waals surface area contributed by atoms with Crippen molar-refractivity contribution in [3.8, 4) is 0 Å². The number of nitrogens with zero attached hydrogens (tertiary/aromatic N) is 2. The van der Waals surface area contributed by atoms with Gasteiger partial charge in [0.05, 0.1) is 0 Å². The molecule has 1 aromatic carbocycles. The summed E-state index contributed by atoms with van der Waals surface area (Å²) >= 11 is 4.96. The molecule has 5 heteroatoms. The van der Waals surface area contributed by atoms with Crippen LogP contribution in [-0.4, -0.2) is 15.0 Å². The average molecular weight is 272 g/mol. The summed E-state index contributed by atoms with van der Waals surface area (Å²) < 4.78 is 0. The second-order valence-corrected chi connectivity index (χ2v) is 4.63. The zero-order valence-electron chi connectivity index (χ0n) is 10.8. The second kappa shape index (κ2) is 6.24. The molecule has 4 nitrogen and oxygen atoms in total. The first-order valence-electron chi connectivity index (χ1n) is 6.17. The number of rotatable bonds is 5. The SMILES string of the molecule is CCCc1ccc(Nc2nccnc2C(N)=S)cc1. The van der Waals surface area contributed by atoms with Crippen molar-refractivity contribution in [2.75, 3.05) is 5.32 Å². The zero-order valence-corrected chi connectivity index (χ0v) is 11.6. The van der Waals surface area contributed by atoms with Crippen molar-refractivity contribution in [3.05, 3.63) is 47.9 Å². The molecule has 1 aromatic heterocycles. The van der Waals surface area contributed by atoms with E-state index in [2.05, 4.69) is 34.3 Å². The maximum absolute atomic E-state index is 5.62. The van der Waals surface area contributed by atoms with Crippen LogP contribution in [0.1, 0.15) is 24.6 Å². The van der Waals surface area contributed by atoms with Crippen LogP contribution in [0, 0.1) is 0 Å². The fraction of sp³-hybridized carbons (Fsp3) is 0.214. The van der Waals surface area contributed by atoms with Crippen LogP contribution >= 0.6 is 12.2 Å². The topological polar surface area (TPSA) is 63.8 Å². The van der Waals surface area contributed by atoms with E-state index >= 15 is 0 Å². The maximum atomic E-state index is 5.62. The van der Waals surface area contributed by atoms with Gasteiger partial charge in [-0.05, 0) is 24.1 Å². The Morgan fingerprint density at radius 1 is 1.21 bits per heavy atom. The number of aryl methyl sites for hydroxylation is 1. The Morgan fingerprint density at radius 3 is 2.53 bits per heavy atom. The van der Waals surface area contributed by atoms with Crippen LogP contribution in [0.25, 0.3) is 0 Å². The van der Waals surface area contributed by atoms with Gasteiger partial charge in [0, 0.05) is 18.1 Å². The Kier molecular flexibility index (Phi) is 4.41. The van der Waals surface area contributed by atoms with E-state index in [1.165, 1.54) is 5.56 Å². The molecule has 1 heterocycles. The molecular weight excluding hydrogens is 256 g/mol. The lowest BCUT2D eigenvalue weighted by molar-refractivity contribution is 0.922. The number of benzene rings is 1. The van der Waals surface area contributed by atoms with Crippen LogP contribution in [0.5, 0.6) is 0 Å². The third kappa shape index (κ3) is 3.48. The molecule has 3 N–H and O–H groups in total. The van der Waals surface area contributed by atoms with Crippen LogP contribution in [0.3, 0.4) is 0 Å². The molecule has 0 amide bonds. The van der Waals surface area contributed by atoms with Crippen molar-refractivity contribution in [1.29, 1.82) is 0 Å². The predicted molar refractivity (Wildman–Crippen MR) is 81.6 cm³/mol. The van der Waals surface area contributed by atoms with E-state index in [9.17, 15) is 0 Å². The molecule has 0 saturated carbocycles. The van der Waals surface area contributed by atoms with Gasteiger partial charge in [-0.3, -0.25) is 0 Å². The van der Waals surface area contributed by atoms with Gasteiger partial charge >= 0.3 is 0 Å². The van der Waals surface area contributed by atoms with E-state index in [1.807, 2.05) is 12.1 Å². The van der Waals surface area contributed by atoms with E-state index in [0.29, 0.717) is 11.5 Å². The average Bonchev–Trinajstić information content (AvgIpc) is 2.42. The monoisotopic (exact) mass is 272 g/mol. The van der Waals surface area contributed by atoms with Gasteiger partial charge in [0.2, 0.25) is 0 Å². The smallest absolute Gasteiger partial charge is 0.159 e. The summed E-state index contributed by atoms with van der Waals surface area (Å²) in [5, 5.41) is 3.18. The summed E-state index contributed by atoms with van der Waals surface area (Å²) in [6.07, 6.45) is 5.41. The molecule has 19 heavy (non-hydrogen) atoms. The molecular formula is C14H16N4S. The quantitative estimate of drug-likeness (QED) is 0.819. The van der Waals surface area contributed by atoms with Crippen LogP contribution in [0.15, 0.2) is 36.7 Å². The molecule has 0 aliphatic rings. The van der Waals surface area contributed by atoms with Gasteiger partial charge in [-0.25, -0.2) is 9.97 Å². The summed E-state index contributed by atoms with van der Waals surface area (Å²) in [5.41, 5.74) is 8.39. The highest BCUT2D eigenvalue weighted by Gasteiger charge is 2.07. The third-order valence-corrected chi connectivity index (χ3v) is 2.88. The second-order valence-electron chi connectivity index (χ2n) is 4.19. The number of nitrogens with one attached hydrogen (secondary N) is 1. The summed E-state index contributed by atoms with van der Waals surface area (Å²) in [6, 6.07) is 8.23. The first-order valence-corrected chi connectivity index (χ1v) is 6.58. The Labute approximate surface area is 118 Å². The van der Waals surface area contributed by atoms with Gasteiger partial charge in [0.1, 0.15) is 10.7 Å². The van der Waals surface area contributed by atoms with Crippen LogP contribution < -0.4 is 11.1 Å². The van der Waals surface area contributed by atoms with Gasteiger partial charge in [-0.1, -0.05) is 37.7 Å². The van der Waals surface area contributed by atoms with Crippen LogP contribution in [0.2, 0.25) is 0 Å². The molecule has 0 bridgehead atoms. The number of nitrogens with two attached hydrogens (primary N) is 1. The summed E-state index contributed by atoms with van der Waals surface area (Å²) in [5.74, 6) is 0.582. The minimum Gasteiger partial charge on any atom is -0.388 e. The van der Waals surface area contributed by atoms with E-state index in [-0.39, 0.29) is 4.99 Å².